The molecular formula is C7H5BrF2O2S. The molecule has 0 aliphatic heterocycles. The van der Waals surface area contributed by atoms with Crippen molar-refractivity contribution >= 4 is 33.2 Å². The summed E-state index contributed by atoms with van der Waals surface area (Å²) < 4.78 is 25.9. The molecule has 0 spiro atoms. The SMILES string of the molecule is O=C(O)C(F)(F)Cc1sccc1Br. The molecule has 0 saturated heterocycles. The van der Waals surface area contributed by atoms with Gasteiger partial charge in [-0.1, -0.05) is 0 Å². The van der Waals surface area contributed by atoms with Gasteiger partial charge in [0, 0.05) is 9.35 Å². The van der Waals surface area contributed by atoms with E-state index >= 15 is 0 Å². The lowest BCUT2D eigenvalue weighted by Gasteiger charge is -2.09. The van der Waals surface area contributed by atoms with Crippen LogP contribution in [0, 0.1) is 0 Å². The summed E-state index contributed by atoms with van der Waals surface area (Å²) in [6.07, 6.45) is -0.763. The van der Waals surface area contributed by atoms with E-state index in [1.807, 2.05) is 0 Å². The van der Waals surface area contributed by atoms with E-state index in [-0.39, 0.29) is 0 Å². The predicted octanol–water partition coefficient (Wildman–Crippen LogP) is 2.77. The normalized spacial score (nSPS) is 11.6. The van der Waals surface area contributed by atoms with Crippen molar-refractivity contribution in [2.45, 2.75) is 12.3 Å². The molecule has 0 radical (unpaired) electrons. The van der Waals surface area contributed by atoms with Gasteiger partial charge in [-0.3, -0.25) is 0 Å². The highest BCUT2D eigenvalue weighted by atomic mass is 79.9. The number of halogens is 3. The molecule has 0 amide bonds. The number of hydrogen-bond acceptors (Lipinski definition) is 2. The molecule has 1 N–H and O–H groups in total. The third kappa shape index (κ3) is 2.47. The Kier molecular flexibility index (Phi) is 3.02. The summed E-state index contributed by atoms with van der Waals surface area (Å²) in [4.78, 5) is 10.4. The number of carboxylic acids is 1. The molecule has 0 unspecified atom stereocenters. The van der Waals surface area contributed by atoms with E-state index in [1.54, 1.807) is 11.4 Å². The van der Waals surface area contributed by atoms with Crippen molar-refractivity contribution < 1.29 is 18.7 Å². The monoisotopic (exact) mass is 270 g/mol. The summed E-state index contributed by atoms with van der Waals surface area (Å²) in [6.45, 7) is 0. The molecule has 0 bridgehead atoms. The minimum absolute atomic E-state index is 0.340. The molecule has 0 aromatic carbocycles. The van der Waals surface area contributed by atoms with Crippen LogP contribution in [-0.4, -0.2) is 17.0 Å². The zero-order chi connectivity index (χ0) is 10.1. The van der Waals surface area contributed by atoms with E-state index in [4.69, 9.17) is 5.11 Å². The summed E-state index contributed by atoms with van der Waals surface area (Å²) in [5.41, 5.74) is 0. The van der Waals surface area contributed by atoms with Gasteiger partial charge < -0.3 is 5.11 Å². The lowest BCUT2D eigenvalue weighted by atomic mass is 10.2. The Morgan fingerprint density at radius 2 is 2.31 bits per heavy atom. The fourth-order valence-corrected chi connectivity index (χ4v) is 2.27. The van der Waals surface area contributed by atoms with Gasteiger partial charge in [0.05, 0.1) is 6.42 Å². The van der Waals surface area contributed by atoms with Crippen LogP contribution >= 0.6 is 27.3 Å². The Labute approximate surface area is 85.3 Å². The minimum atomic E-state index is -3.69. The van der Waals surface area contributed by atoms with Crippen molar-refractivity contribution in [3.8, 4) is 0 Å². The van der Waals surface area contributed by atoms with Crippen molar-refractivity contribution in [3.05, 3.63) is 20.8 Å². The maximum Gasteiger partial charge on any atom is 0.374 e. The highest BCUT2D eigenvalue weighted by molar-refractivity contribution is 9.10. The molecule has 0 fully saturated rings. The Morgan fingerprint density at radius 3 is 2.69 bits per heavy atom. The van der Waals surface area contributed by atoms with E-state index < -0.39 is 18.3 Å². The number of aliphatic carboxylic acids is 1. The second kappa shape index (κ2) is 3.71. The Balaban J connectivity index is 2.80. The first-order valence-corrected chi connectivity index (χ1v) is 4.94. The van der Waals surface area contributed by atoms with Gasteiger partial charge in [0.25, 0.3) is 0 Å². The van der Waals surface area contributed by atoms with Crippen LogP contribution in [0.2, 0.25) is 0 Å². The first-order chi connectivity index (χ1) is 5.93. The van der Waals surface area contributed by atoms with E-state index in [9.17, 15) is 13.6 Å². The lowest BCUT2D eigenvalue weighted by Crippen LogP contribution is -2.30. The molecule has 72 valence electrons. The summed E-state index contributed by atoms with van der Waals surface area (Å²) in [5.74, 6) is -5.78. The number of hydrogen-bond donors (Lipinski definition) is 1. The number of thiophene rings is 1. The van der Waals surface area contributed by atoms with Crippen LogP contribution in [0.15, 0.2) is 15.9 Å². The van der Waals surface area contributed by atoms with Gasteiger partial charge in [0.2, 0.25) is 0 Å². The van der Waals surface area contributed by atoms with Crippen LogP contribution in [0.5, 0.6) is 0 Å². The van der Waals surface area contributed by atoms with Gasteiger partial charge in [0.1, 0.15) is 0 Å². The molecule has 0 aliphatic carbocycles. The molecule has 13 heavy (non-hydrogen) atoms. The molecule has 6 heteroatoms. The predicted molar refractivity (Wildman–Crippen MR) is 48.3 cm³/mol. The van der Waals surface area contributed by atoms with Crippen molar-refractivity contribution in [2.75, 3.05) is 0 Å². The summed E-state index contributed by atoms with van der Waals surface area (Å²) in [7, 11) is 0. The highest BCUT2D eigenvalue weighted by Gasteiger charge is 2.39. The molecule has 1 aromatic heterocycles. The first-order valence-electron chi connectivity index (χ1n) is 3.26. The van der Waals surface area contributed by atoms with Crippen molar-refractivity contribution in [3.63, 3.8) is 0 Å². The maximum absolute atomic E-state index is 12.7. The molecule has 2 nitrogen and oxygen atoms in total. The molecule has 0 aliphatic rings. The second-order valence-electron chi connectivity index (χ2n) is 2.38. The number of carbonyl (C=O) groups is 1. The number of carboxylic acid groups (broad SMARTS) is 1. The Hall–Kier alpha value is -0.490. The highest BCUT2D eigenvalue weighted by Crippen LogP contribution is 2.29. The minimum Gasteiger partial charge on any atom is -0.477 e. The lowest BCUT2D eigenvalue weighted by molar-refractivity contribution is -0.164. The van der Waals surface area contributed by atoms with Crippen LogP contribution in [0.3, 0.4) is 0 Å². The molecular weight excluding hydrogens is 266 g/mol. The topological polar surface area (TPSA) is 37.3 Å². The largest absolute Gasteiger partial charge is 0.477 e. The van der Waals surface area contributed by atoms with Gasteiger partial charge in [-0.05, 0) is 27.4 Å². The third-order valence-corrected chi connectivity index (χ3v) is 3.31. The summed E-state index contributed by atoms with van der Waals surface area (Å²) >= 11 is 4.16. The number of alkyl halides is 2. The Bertz CT molecular complexity index is 324. The fourth-order valence-electron chi connectivity index (χ4n) is 0.728. The fraction of sp³-hybridized carbons (Fsp3) is 0.286. The van der Waals surface area contributed by atoms with Crippen LogP contribution in [0.4, 0.5) is 8.78 Å². The van der Waals surface area contributed by atoms with E-state index in [0.29, 0.717) is 9.35 Å². The maximum atomic E-state index is 12.7. The average molecular weight is 271 g/mol. The summed E-state index contributed by atoms with van der Waals surface area (Å²) in [6, 6.07) is 1.61. The molecule has 1 aromatic rings. The van der Waals surface area contributed by atoms with Crippen LogP contribution in [0.1, 0.15) is 4.88 Å². The van der Waals surface area contributed by atoms with Gasteiger partial charge in [-0.2, -0.15) is 8.78 Å². The van der Waals surface area contributed by atoms with E-state index in [2.05, 4.69) is 15.9 Å². The molecule has 0 saturated carbocycles. The van der Waals surface area contributed by atoms with Crippen LogP contribution in [-0.2, 0) is 11.2 Å². The van der Waals surface area contributed by atoms with Crippen molar-refractivity contribution in [1.82, 2.24) is 0 Å². The van der Waals surface area contributed by atoms with Gasteiger partial charge in [-0.25, -0.2) is 4.79 Å². The Morgan fingerprint density at radius 1 is 1.69 bits per heavy atom. The molecule has 1 heterocycles. The smallest absolute Gasteiger partial charge is 0.374 e. The van der Waals surface area contributed by atoms with Crippen LogP contribution < -0.4 is 0 Å². The third-order valence-electron chi connectivity index (χ3n) is 1.39. The molecule has 1 rings (SSSR count). The molecule has 0 atom stereocenters. The van der Waals surface area contributed by atoms with Gasteiger partial charge in [-0.15, -0.1) is 11.3 Å². The second-order valence-corrected chi connectivity index (χ2v) is 4.23. The van der Waals surface area contributed by atoms with Gasteiger partial charge in [0.15, 0.2) is 0 Å². The summed E-state index contributed by atoms with van der Waals surface area (Å²) in [5, 5.41) is 9.79. The van der Waals surface area contributed by atoms with Gasteiger partial charge >= 0.3 is 11.9 Å². The average Bonchev–Trinajstić information content (AvgIpc) is 2.35. The zero-order valence-electron chi connectivity index (χ0n) is 6.26. The van der Waals surface area contributed by atoms with Crippen molar-refractivity contribution in [1.29, 1.82) is 0 Å². The standard InChI is InChI=1S/C7H5BrF2O2S/c8-4-1-2-13-5(4)3-7(9,10)6(11)12/h1-2H,3H2,(H,11,12). The van der Waals surface area contributed by atoms with E-state index in [0.717, 1.165) is 11.3 Å². The van der Waals surface area contributed by atoms with Crippen LogP contribution in [0.25, 0.3) is 0 Å². The number of rotatable bonds is 3. The first kappa shape index (κ1) is 10.6. The quantitative estimate of drug-likeness (QED) is 0.917. The zero-order valence-corrected chi connectivity index (χ0v) is 8.66. The van der Waals surface area contributed by atoms with Crippen molar-refractivity contribution in [2.24, 2.45) is 0 Å². The van der Waals surface area contributed by atoms with E-state index in [1.165, 1.54) is 0 Å².